The maximum Gasteiger partial charge on any atom is 0.132 e. The molecule has 0 amide bonds. The smallest absolute Gasteiger partial charge is 0.132 e. The number of rotatable bonds is 5. The topological polar surface area (TPSA) is 49.7 Å². The highest BCUT2D eigenvalue weighted by Crippen LogP contribution is 2.33. The lowest BCUT2D eigenvalue weighted by Crippen LogP contribution is -2.09. The molecule has 3 nitrogen and oxygen atoms in total. The van der Waals surface area contributed by atoms with Gasteiger partial charge in [0.25, 0.3) is 0 Å². The van der Waals surface area contributed by atoms with Crippen molar-refractivity contribution in [2.24, 2.45) is 0 Å². The van der Waals surface area contributed by atoms with Crippen molar-refractivity contribution in [2.75, 3.05) is 6.61 Å². The van der Waals surface area contributed by atoms with Gasteiger partial charge in [-0.05, 0) is 19.2 Å². The Labute approximate surface area is 113 Å². The Hall–Kier alpha value is -1.58. The molecule has 2 atom stereocenters. The van der Waals surface area contributed by atoms with Crippen LogP contribution in [-0.4, -0.2) is 22.9 Å². The number of ether oxygens (including phenoxy) is 1. The molecule has 0 aromatic heterocycles. The zero-order valence-corrected chi connectivity index (χ0v) is 11.3. The molecule has 0 aliphatic rings. The third-order valence-corrected chi connectivity index (χ3v) is 3.14. The molecule has 0 saturated heterocycles. The summed E-state index contributed by atoms with van der Waals surface area (Å²) in [6.45, 7) is 3.90. The summed E-state index contributed by atoms with van der Waals surface area (Å²) >= 11 is 0. The third kappa shape index (κ3) is 3.25. The van der Waals surface area contributed by atoms with Gasteiger partial charge in [0.1, 0.15) is 5.75 Å². The molecule has 3 heteroatoms. The van der Waals surface area contributed by atoms with Crippen LogP contribution >= 0.6 is 0 Å². The first-order valence-corrected chi connectivity index (χ1v) is 6.60. The van der Waals surface area contributed by atoms with E-state index in [1.165, 1.54) is 0 Å². The zero-order chi connectivity index (χ0) is 13.8. The number of hydrogen-bond donors (Lipinski definition) is 2. The Morgan fingerprint density at radius 3 is 2.47 bits per heavy atom. The molecule has 1 unspecified atom stereocenters. The Kier molecular flexibility index (Phi) is 4.40. The van der Waals surface area contributed by atoms with Gasteiger partial charge in [0.05, 0.1) is 18.8 Å². The van der Waals surface area contributed by atoms with Crippen LogP contribution in [0.15, 0.2) is 36.4 Å². The fraction of sp³-hybridized carbons (Fsp3) is 0.375. The van der Waals surface area contributed by atoms with Crippen LogP contribution in [0.5, 0.6) is 5.75 Å². The molecular weight excluding hydrogens is 240 g/mol. The Balaban J connectivity index is 2.38. The molecule has 0 bridgehead atoms. The third-order valence-electron chi connectivity index (χ3n) is 3.14. The van der Waals surface area contributed by atoms with Crippen LogP contribution in [0.3, 0.4) is 0 Å². The van der Waals surface area contributed by atoms with Crippen molar-refractivity contribution in [1.82, 2.24) is 0 Å². The molecule has 0 aliphatic heterocycles. The maximum absolute atomic E-state index is 9.84. The van der Waals surface area contributed by atoms with Gasteiger partial charge in [-0.2, -0.15) is 0 Å². The second-order valence-corrected chi connectivity index (χ2v) is 4.87. The minimum atomic E-state index is -0.578. The van der Waals surface area contributed by atoms with Gasteiger partial charge in [-0.25, -0.2) is 0 Å². The SMILES string of the molecule is CC(O)CCOc1c([C@@H](C)O)ccc2ccccc12. The lowest BCUT2D eigenvalue weighted by atomic mass is 10.0. The standard InChI is InChI=1S/C16H20O3/c1-11(17)9-10-19-16-14(12(2)18)8-7-13-5-3-4-6-15(13)16/h3-8,11-12,17-18H,9-10H2,1-2H3/t11?,12-/m1/s1. The predicted octanol–water partition coefficient (Wildman–Crippen LogP) is 3.04. The van der Waals surface area contributed by atoms with Crippen LogP contribution in [-0.2, 0) is 0 Å². The fourth-order valence-corrected chi connectivity index (χ4v) is 2.08. The molecule has 2 rings (SSSR count). The van der Waals surface area contributed by atoms with E-state index in [9.17, 15) is 10.2 Å². The highest BCUT2D eigenvalue weighted by atomic mass is 16.5. The molecule has 0 heterocycles. The lowest BCUT2D eigenvalue weighted by molar-refractivity contribution is 0.152. The summed E-state index contributed by atoms with van der Waals surface area (Å²) in [5, 5.41) is 21.2. The van der Waals surface area contributed by atoms with Crippen molar-refractivity contribution < 1.29 is 14.9 Å². The summed E-state index contributed by atoms with van der Waals surface area (Å²) in [6, 6.07) is 11.8. The average molecular weight is 260 g/mol. The van der Waals surface area contributed by atoms with Crippen LogP contribution in [0, 0.1) is 0 Å². The van der Waals surface area contributed by atoms with E-state index in [4.69, 9.17) is 4.74 Å². The quantitative estimate of drug-likeness (QED) is 0.868. The summed E-state index contributed by atoms with van der Waals surface area (Å²) in [5.74, 6) is 0.716. The van der Waals surface area contributed by atoms with Crippen molar-refractivity contribution in [2.45, 2.75) is 32.5 Å². The average Bonchev–Trinajstić information content (AvgIpc) is 2.38. The molecule has 0 fully saturated rings. The molecule has 2 N–H and O–H groups in total. The minimum Gasteiger partial charge on any atom is -0.492 e. The van der Waals surface area contributed by atoms with E-state index in [0.29, 0.717) is 18.8 Å². The van der Waals surface area contributed by atoms with E-state index < -0.39 is 6.10 Å². The number of fused-ring (bicyclic) bond motifs is 1. The molecule has 0 spiro atoms. The Bertz CT molecular complexity index is 547. The van der Waals surface area contributed by atoms with Crippen LogP contribution < -0.4 is 4.74 Å². The van der Waals surface area contributed by atoms with E-state index in [2.05, 4.69) is 0 Å². The first kappa shape index (κ1) is 13.8. The van der Waals surface area contributed by atoms with E-state index in [0.717, 1.165) is 16.3 Å². The second-order valence-electron chi connectivity index (χ2n) is 4.87. The van der Waals surface area contributed by atoms with E-state index in [1.807, 2.05) is 36.4 Å². The molecular formula is C16H20O3. The number of aliphatic hydroxyl groups is 2. The molecule has 19 heavy (non-hydrogen) atoms. The predicted molar refractivity (Wildman–Crippen MR) is 76.4 cm³/mol. The van der Waals surface area contributed by atoms with Gasteiger partial charge >= 0.3 is 0 Å². The lowest BCUT2D eigenvalue weighted by Gasteiger charge is -2.16. The van der Waals surface area contributed by atoms with Gasteiger partial charge in [-0.1, -0.05) is 36.4 Å². The number of aliphatic hydroxyl groups excluding tert-OH is 2. The molecule has 102 valence electrons. The summed E-state index contributed by atoms with van der Waals surface area (Å²) in [6.07, 6.45) is -0.390. The van der Waals surface area contributed by atoms with Gasteiger partial charge in [-0.15, -0.1) is 0 Å². The maximum atomic E-state index is 9.84. The monoisotopic (exact) mass is 260 g/mol. The van der Waals surface area contributed by atoms with Gasteiger partial charge in [0, 0.05) is 17.4 Å². The molecule has 2 aromatic rings. The molecule has 0 saturated carbocycles. The van der Waals surface area contributed by atoms with Crippen LogP contribution in [0.4, 0.5) is 0 Å². The minimum absolute atomic E-state index is 0.384. The largest absolute Gasteiger partial charge is 0.492 e. The summed E-state index contributed by atoms with van der Waals surface area (Å²) in [4.78, 5) is 0. The number of benzene rings is 2. The zero-order valence-electron chi connectivity index (χ0n) is 11.3. The molecule has 0 radical (unpaired) electrons. The Morgan fingerprint density at radius 1 is 1.05 bits per heavy atom. The highest BCUT2D eigenvalue weighted by Gasteiger charge is 2.13. The Morgan fingerprint density at radius 2 is 1.79 bits per heavy atom. The van der Waals surface area contributed by atoms with Gasteiger partial charge in [0.15, 0.2) is 0 Å². The van der Waals surface area contributed by atoms with E-state index >= 15 is 0 Å². The highest BCUT2D eigenvalue weighted by molar-refractivity contribution is 5.89. The summed E-state index contributed by atoms with van der Waals surface area (Å²) in [7, 11) is 0. The first-order chi connectivity index (χ1) is 9.09. The van der Waals surface area contributed by atoms with Gasteiger partial charge < -0.3 is 14.9 Å². The van der Waals surface area contributed by atoms with Crippen molar-refractivity contribution >= 4 is 10.8 Å². The number of hydrogen-bond acceptors (Lipinski definition) is 3. The van der Waals surface area contributed by atoms with Crippen molar-refractivity contribution in [3.8, 4) is 5.75 Å². The van der Waals surface area contributed by atoms with Gasteiger partial charge in [-0.3, -0.25) is 0 Å². The summed E-state index contributed by atoms with van der Waals surface area (Å²) < 4.78 is 5.80. The van der Waals surface area contributed by atoms with Crippen LogP contribution in [0.25, 0.3) is 10.8 Å². The van der Waals surface area contributed by atoms with Crippen LogP contribution in [0.1, 0.15) is 31.9 Å². The first-order valence-electron chi connectivity index (χ1n) is 6.60. The van der Waals surface area contributed by atoms with Crippen molar-refractivity contribution in [1.29, 1.82) is 0 Å². The normalized spacial score (nSPS) is 14.3. The van der Waals surface area contributed by atoms with Crippen molar-refractivity contribution in [3.63, 3.8) is 0 Å². The van der Waals surface area contributed by atoms with Crippen LogP contribution in [0.2, 0.25) is 0 Å². The van der Waals surface area contributed by atoms with E-state index in [1.54, 1.807) is 13.8 Å². The second kappa shape index (κ2) is 6.04. The van der Waals surface area contributed by atoms with Gasteiger partial charge in [0.2, 0.25) is 0 Å². The molecule has 2 aromatic carbocycles. The fourth-order valence-electron chi connectivity index (χ4n) is 2.08. The molecule has 0 aliphatic carbocycles. The summed E-state index contributed by atoms with van der Waals surface area (Å²) in [5.41, 5.74) is 0.782. The van der Waals surface area contributed by atoms with E-state index in [-0.39, 0.29) is 6.10 Å². The van der Waals surface area contributed by atoms with Crippen molar-refractivity contribution in [3.05, 3.63) is 42.0 Å².